The Morgan fingerprint density at radius 1 is 1.18 bits per heavy atom. The van der Waals surface area contributed by atoms with Gasteiger partial charge in [-0.1, -0.05) is 6.42 Å². The van der Waals surface area contributed by atoms with Gasteiger partial charge in [0.25, 0.3) is 0 Å². The molecule has 2 fully saturated rings. The summed E-state index contributed by atoms with van der Waals surface area (Å²) in [5, 5.41) is 2.89. The largest absolute Gasteiger partial charge is 0.344 e. The molecule has 5 nitrogen and oxygen atoms in total. The van der Waals surface area contributed by atoms with E-state index in [1.54, 1.807) is 0 Å². The van der Waals surface area contributed by atoms with Crippen molar-refractivity contribution >= 4 is 11.8 Å². The van der Waals surface area contributed by atoms with Gasteiger partial charge in [-0.15, -0.1) is 0 Å². The summed E-state index contributed by atoms with van der Waals surface area (Å²) in [5.41, 5.74) is 1.25. The predicted molar refractivity (Wildman–Crippen MR) is 83.2 cm³/mol. The van der Waals surface area contributed by atoms with E-state index in [1.165, 1.54) is 5.56 Å². The number of hydrogen-bond acceptors (Lipinski definition) is 3. The smallest absolute Gasteiger partial charge is 0.245 e. The molecule has 0 radical (unpaired) electrons. The average molecular weight is 301 g/mol. The van der Waals surface area contributed by atoms with Gasteiger partial charge in [0, 0.05) is 37.8 Å². The highest BCUT2D eigenvalue weighted by Gasteiger charge is 2.31. The summed E-state index contributed by atoms with van der Waals surface area (Å²) in [6.45, 7) is 1.54. The first kappa shape index (κ1) is 15.0. The number of amides is 2. The van der Waals surface area contributed by atoms with E-state index in [-0.39, 0.29) is 17.9 Å². The number of rotatable bonds is 2. The molecular weight excluding hydrogens is 278 g/mol. The van der Waals surface area contributed by atoms with Crippen LogP contribution in [0, 0.1) is 0 Å². The summed E-state index contributed by atoms with van der Waals surface area (Å²) < 4.78 is 0. The third-order valence-electron chi connectivity index (χ3n) is 4.69. The van der Waals surface area contributed by atoms with Crippen molar-refractivity contribution < 1.29 is 9.59 Å². The molecule has 2 atom stereocenters. The number of carbonyl (C=O) groups is 2. The van der Waals surface area contributed by atoms with Crippen LogP contribution in [0.5, 0.6) is 0 Å². The zero-order valence-electron chi connectivity index (χ0n) is 12.8. The van der Waals surface area contributed by atoms with Gasteiger partial charge in [-0.25, -0.2) is 0 Å². The Morgan fingerprint density at radius 3 is 2.82 bits per heavy atom. The number of nitrogens with zero attached hydrogens (tertiary/aromatic N) is 2. The molecule has 2 aliphatic rings. The standard InChI is InChI=1S/C17H23N3O2/c21-16-6-2-1-5-15(19-16)17(22)20-11-3-4-14(12-20)13-7-9-18-10-8-13/h7-10,14-15H,1-6,11-12H2,(H,19,21). The molecule has 2 amide bonds. The van der Waals surface area contributed by atoms with Crippen LogP contribution in [0.1, 0.15) is 50.0 Å². The van der Waals surface area contributed by atoms with Gasteiger partial charge in [0.2, 0.25) is 11.8 Å². The quantitative estimate of drug-likeness (QED) is 0.906. The highest BCUT2D eigenvalue weighted by molar-refractivity contribution is 5.88. The molecule has 118 valence electrons. The van der Waals surface area contributed by atoms with Crippen LogP contribution in [0.15, 0.2) is 24.5 Å². The molecule has 1 aromatic rings. The number of piperidine rings is 1. The zero-order valence-corrected chi connectivity index (χ0v) is 12.8. The molecule has 3 heterocycles. The lowest BCUT2D eigenvalue weighted by Crippen LogP contribution is -2.50. The molecule has 3 rings (SSSR count). The van der Waals surface area contributed by atoms with Crippen LogP contribution in [0.25, 0.3) is 0 Å². The Balaban J connectivity index is 1.66. The molecule has 1 N–H and O–H groups in total. The molecule has 2 saturated heterocycles. The van der Waals surface area contributed by atoms with Gasteiger partial charge in [0.15, 0.2) is 0 Å². The van der Waals surface area contributed by atoms with Gasteiger partial charge >= 0.3 is 0 Å². The molecule has 5 heteroatoms. The summed E-state index contributed by atoms with van der Waals surface area (Å²) in [6, 6.07) is 3.74. The lowest BCUT2D eigenvalue weighted by molar-refractivity contribution is -0.137. The number of likely N-dealkylation sites (tertiary alicyclic amines) is 1. The summed E-state index contributed by atoms with van der Waals surface area (Å²) in [6.07, 6.45) is 8.86. The van der Waals surface area contributed by atoms with Gasteiger partial charge in [0.05, 0.1) is 0 Å². The van der Waals surface area contributed by atoms with Gasteiger partial charge in [-0.3, -0.25) is 14.6 Å². The predicted octanol–water partition coefficient (Wildman–Crippen LogP) is 1.85. The lowest BCUT2D eigenvalue weighted by atomic mass is 9.91. The molecule has 0 bridgehead atoms. The van der Waals surface area contributed by atoms with Gasteiger partial charge < -0.3 is 10.2 Å². The van der Waals surface area contributed by atoms with Gasteiger partial charge in [-0.2, -0.15) is 0 Å². The van der Waals surface area contributed by atoms with Crippen LogP contribution in [-0.4, -0.2) is 40.8 Å². The van der Waals surface area contributed by atoms with Crippen molar-refractivity contribution in [2.75, 3.05) is 13.1 Å². The summed E-state index contributed by atoms with van der Waals surface area (Å²) in [4.78, 5) is 30.4. The van der Waals surface area contributed by atoms with Crippen molar-refractivity contribution in [2.45, 2.75) is 50.5 Å². The van der Waals surface area contributed by atoms with E-state index in [2.05, 4.69) is 10.3 Å². The first-order chi connectivity index (χ1) is 10.7. The molecule has 0 saturated carbocycles. The molecule has 2 unspecified atom stereocenters. The SMILES string of the molecule is O=C1CCCCC(C(=O)N2CCCC(c3ccncc3)C2)N1. The number of aromatic nitrogens is 1. The Bertz CT molecular complexity index is 532. The molecular formula is C17H23N3O2. The Kier molecular flexibility index (Phi) is 4.71. The second-order valence-electron chi connectivity index (χ2n) is 6.27. The average Bonchev–Trinajstić information content (AvgIpc) is 2.79. The third kappa shape index (κ3) is 3.46. The minimum absolute atomic E-state index is 0.0125. The first-order valence-electron chi connectivity index (χ1n) is 8.22. The summed E-state index contributed by atoms with van der Waals surface area (Å²) in [7, 11) is 0. The normalized spacial score (nSPS) is 26.2. The summed E-state index contributed by atoms with van der Waals surface area (Å²) >= 11 is 0. The van der Waals surface area contributed by atoms with Crippen molar-refractivity contribution in [2.24, 2.45) is 0 Å². The fraction of sp³-hybridized carbons (Fsp3) is 0.588. The fourth-order valence-corrected chi connectivity index (χ4v) is 3.46. The zero-order chi connectivity index (χ0) is 15.4. The molecule has 2 aliphatic heterocycles. The maximum atomic E-state index is 12.7. The second-order valence-corrected chi connectivity index (χ2v) is 6.27. The third-order valence-corrected chi connectivity index (χ3v) is 4.69. The van der Waals surface area contributed by atoms with Crippen molar-refractivity contribution in [1.82, 2.24) is 15.2 Å². The molecule has 0 spiro atoms. The van der Waals surface area contributed by atoms with Crippen LogP contribution >= 0.6 is 0 Å². The second kappa shape index (κ2) is 6.90. The monoisotopic (exact) mass is 301 g/mol. The van der Waals surface area contributed by atoms with E-state index in [0.717, 1.165) is 45.2 Å². The number of carbonyl (C=O) groups excluding carboxylic acids is 2. The maximum absolute atomic E-state index is 12.7. The van der Waals surface area contributed by atoms with Crippen molar-refractivity contribution in [3.63, 3.8) is 0 Å². The van der Waals surface area contributed by atoms with E-state index in [1.807, 2.05) is 29.4 Å². The van der Waals surface area contributed by atoms with Crippen LogP contribution in [-0.2, 0) is 9.59 Å². The minimum Gasteiger partial charge on any atom is -0.344 e. The topological polar surface area (TPSA) is 62.3 Å². The fourth-order valence-electron chi connectivity index (χ4n) is 3.46. The minimum atomic E-state index is -0.328. The van der Waals surface area contributed by atoms with E-state index >= 15 is 0 Å². The molecule has 22 heavy (non-hydrogen) atoms. The maximum Gasteiger partial charge on any atom is 0.245 e. The molecule has 0 aliphatic carbocycles. The Labute approximate surface area is 131 Å². The van der Waals surface area contributed by atoms with Gasteiger partial charge in [0.1, 0.15) is 6.04 Å². The molecule has 0 aromatic carbocycles. The van der Waals surface area contributed by atoms with Crippen LogP contribution in [0.4, 0.5) is 0 Å². The number of hydrogen-bond donors (Lipinski definition) is 1. The number of pyridine rings is 1. The highest BCUT2D eigenvalue weighted by Crippen LogP contribution is 2.27. The van der Waals surface area contributed by atoms with Gasteiger partial charge in [-0.05, 0) is 43.4 Å². The van der Waals surface area contributed by atoms with Crippen LogP contribution in [0.3, 0.4) is 0 Å². The number of nitrogens with one attached hydrogen (secondary N) is 1. The van der Waals surface area contributed by atoms with Crippen molar-refractivity contribution in [3.8, 4) is 0 Å². The van der Waals surface area contributed by atoms with E-state index < -0.39 is 0 Å². The van der Waals surface area contributed by atoms with Crippen molar-refractivity contribution in [3.05, 3.63) is 30.1 Å². The van der Waals surface area contributed by atoms with Crippen LogP contribution in [0.2, 0.25) is 0 Å². The lowest BCUT2D eigenvalue weighted by Gasteiger charge is -2.35. The Morgan fingerprint density at radius 2 is 2.00 bits per heavy atom. The first-order valence-corrected chi connectivity index (χ1v) is 8.22. The Hall–Kier alpha value is -1.91. The van der Waals surface area contributed by atoms with E-state index in [4.69, 9.17) is 0 Å². The summed E-state index contributed by atoms with van der Waals surface area (Å²) in [5.74, 6) is 0.481. The van der Waals surface area contributed by atoms with Crippen molar-refractivity contribution in [1.29, 1.82) is 0 Å². The van der Waals surface area contributed by atoms with E-state index in [9.17, 15) is 9.59 Å². The van der Waals surface area contributed by atoms with Crippen LogP contribution < -0.4 is 5.32 Å². The highest BCUT2D eigenvalue weighted by atomic mass is 16.2. The molecule has 1 aromatic heterocycles. The van der Waals surface area contributed by atoms with E-state index in [0.29, 0.717) is 12.3 Å².